The summed E-state index contributed by atoms with van der Waals surface area (Å²) in [5.41, 5.74) is 18.9. The first kappa shape index (κ1) is 36.7. The predicted octanol–water partition coefficient (Wildman–Crippen LogP) is 17.0. The highest BCUT2D eigenvalue weighted by molar-refractivity contribution is 7.26. The number of hydrogen-bond donors (Lipinski definition) is 0. The molecule has 1 spiro atoms. The molecule has 0 saturated heterocycles. The molecule has 11 aromatic rings. The number of para-hydroxylation sites is 3. The Bertz CT molecular complexity index is 3520. The number of benzene rings is 10. The molecule has 1 atom stereocenters. The number of hydrogen-bond acceptors (Lipinski definition) is 3. The fraction of sp³-hybridized carbons (Fsp3) is 0.0164. The Balaban J connectivity index is 1.13. The average molecular weight is 833 g/mol. The highest BCUT2D eigenvalue weighted by Gasteiger charge is 2.52. The van der Waals surface area contributed by atoms with Crippen LogP contribution in [0.4, 0.5) is 34.1 Å². The van der Waals surface area contributed by atoms with Crippen LogP contribution in [0.15, 0.2) is 243 Å². The van der Waals surface area contributed by atoms with E-state index in [1.54, 1.807) is 0 Å². The Morgan fingerprint density at radius 2 is 0.797 bits per heavy atom. The first-order chi connectivity index (χ1) is 31.8. The van der Waals surface area contributed by atoms with Crippen molar-refractivity contribution in [3.05, 3.63) is 265 Å². The maximum Gasteiger partial charge on any atom is 0.0727 e. The van der Waals surface area contributed by atoms with E-state index in [-0.39, 0.29) is 0 Å². The molecule has 300 valence electrons. The molecule has 13 rings (SSSR count). The largest absolute Gasteiger partial charge is 0.310 e. The Morgan fingerprint density at radius 1 is 0.297 bits per heavy atom. The van der Waals surface area contributed by atoms with Gasteiger partial charge in [-0.15, -0.1) is 11.3 Å². The lowest BCUT2D eigenvalue weighted by molar-refractivity contribution is 0.793. The van der Waals surface area contributed by atoms with E-state index < -0.39 is 5.41 Å². The molecule has 1 aromatic heterocycles. The summed E-state index contributed by atoms with van der Waals surface area (Å²) >= 11 is 1.86. The molecule has 0 radical (unpaired) electrons. The zero-order valence-electron chi connectivity index (χ0n) is 34.9. The van der Waals surface area contributed by atoms with E-state index in [4.69, 9.17) is 0 Å². The highest BCUT2D eigenvalue weighted by Crippen LogP contribution is 2.65. The van der Waals surface area contributed by atoms with Gasteiger partial charge in [-0.1, -0.05) is 164 Å². The predicted molar refractivity (Wildman–Crippen MR) is 270 cm³/mol. The van der Waals surface area contributed by atoms with Crippen LogP contribution >= 0.6 is 11.3 Å². The van der Waals surface area contributed by atoms with Crippen molar-refractivity contribution in [3.8, 4) is 33.4 Å². The lowest BCUT2D eigenvalue weighted by atomic mass is 9.70. The lowest BCUT2D eigenvalue weighted by Gasteiger charge is -2.34. The van der Waals surface area contributed by atoms with Crippen molar-refractivity contribution < 1.29 is 0 Å². The average Bonchev–Trinajstić information content (AvgIpc) is 3.99. The van der Waals surface area contributed by atoms with Crippen LogP contribution in [0, 0.1) is 0 Å². The summed E-state index contributed by atoms with van der Waals surface area (Å²) in [4.78, 5) is 4.93. The van der Waals surface area contributed by atoms with Crippen molar-refractivity contribution in [2.75, 3.05) is 9.80 Å². The minimum atomic E-state index is -0.597. The van der Waals surface area contributed by atoms with Crippen LogP contribution < -0.4 is 9.80 Å². The van der Waals surface area contributed by atoms with Crippen molar-refractivity contribution in [1.29, 1.82) is 0 Å². The summed E-state index contributed by atoms with van der Waals surface area (Å²) in [5, 5.41) is 2.56. The van der Waals surface area contributed by atoms with Gasteiger partial charge in [-0.05, 0) is 129 Å². The van der Waals surface area contributed by atoms with E-state index in [2.05, 4.69) is 252 Å². The number of rotatable bonds is 7. The smallest absolute Gasteiger partial charge is 0.0727 e. The van der Waals surface area contributed by atoms with Gasteiger partial charge in [-0.3, -0.25) is 0 Å². The Kier molecular flexibility index (Phi) is 8.34. The Labute approximate surface area is 377 Å². The SMILES string of the molecule is c1ccc(-c2cc3c(cc2N(c2ccccc2)c2ccccc2)C2(c4ccccc4-c4ccc(N(c5ccccc5)c5cccc6sc7ccccc7c56)cc42)c2ccccc2-3)cc1. The molecule has 10 aromatic carbocycles. The van der Waals surface area contributed by atoms with Gasteiger partial charge in [0, 0.05) is 48.5 Å². The highest BCUT2D eigenvalue weighted by atomic mass is 32.1. The molecule has 2 aliphatic carbocycles. The van der Waals surface area contributed by atoms with Crippen molar-refractivity contribution in [3.63, 3.8) is 0 Å². The second kappa shape index (κ2) is 14.6. The van der Waals surface area contributed by atoms with Crippen LogP contribution in [0.5, 0.6) is 0 Å². The van der Waals surface area contributed by atoms with E-state index in [0.29, 0.717) is 0 Å². The molecule has 1 heterocycles. The molecule has 0 N–H and O–H groups in total. The molecular formula is C61H40N2S. The van der Waals surface area contributed by atoms with Crippen molar-refractivity contribution in [2.45, 2.75) is 5.41 Å². The van der Waals surface area contributed by atoms with Crippen molar-refractivity contribution in [1.82, 2.24) is 0 Å². The van der Waals surface area contributed by atoms with E-state index in [9.17, 15) is 0 Å². The van der Waals surface area contributed by atoms with E-state index in [1.165, 1.54) is 81.5 Å². The minimum absolute atomic E-state index is 0.597. The van der Waals surface area contributed by atoms with Crippen LogP contribution in [-0.2, 0) is 5.41 Å². The summed E-state index contributed by atoms with van der Waals surface area (Å²) in [7, 11) is 0. The molecule has 0 fully saturated rings. The number of thiophene rings is 1. The zero-order valence-corrected chi connectivity index (χ0v) is 35.7. The van der Waals surface area contributed by atoms with Gasteiger partial charge in [0.1, 0.15) is 0 Å². The first-order valence-corrected chi connectivity index (χ1v) is 22.8. The number of anilines is 6. The van der Waals surface area contributed by atoms with Crippen molar-refractivity contribution in [2.24, 2.45) is 0 Å². The summed E-state index contributed by atoms with van der Waals surface area (Å²) < 4.78 is 2.58. The molecule has 0 amide bonds. The molecule has 3 heteroatoms. The first-order valence-electron chi connectivity index (χ1n) is 22.0. The maximum absolute atomic E-state index is 2.53. The van der Waals surface area contributed by atoms with Crippen LogP contribution in [0.3, 0.4) is 0 Å². The van der Waals surface area contributed by atoms with Gasteiger partial charge >= 0.3 is 0 Å². The zero-order chi connectivity index (χ0) is 42.2. The molecule has 64 heavy (non-hydrogen) atoms. The third-order valence-corrected chi connectivity index (χ3v) is 14.6. The van der Waals surface area contributed by atoms with Gasteiger partial charge in [-0.25, -0.2) is 0 Å². The molecule has 2 aliphatic rings. The normalized spacial score (nSPS) is 14.3. The fourth-order valence-electron chi connectivity index (χ4n) is 10.9. The second-order valence-corrected chi connectivity index (χ2v) is 17.9. The van der Waals surface area contributed by atoms with Crippen LogP contribution in [0.1, 0.15) is 22.3 Å². The van der Waals surface area contributed by atoms with Crippen LogP contribution in [0.2, 0.25) is 0 Å². The summed E-state index contributed by atoms with van der Waals surface area (Å²) in [6.07, 6.45) is 0. The molecule has 1 unspecified atom stereocenters. The van der Waals surface area contributed by atoms with E-state index >= 15 is 0 Å². The monoisotopic (exact) mass is 832 g/mol. The minimum Gasteiger partial charge on any atom is -0.310 e. The van der Waals surface area contributed by atoms with Gasteiger partial charge in [0.2, 0.25) is 0 Å². The van der Waals surface area contributed by atoms with Gasteiger partial charge < -0.3 is 9.80 Å². The maximum atomic E-state index is 2.53. The van der Waals surface area contributed by atoms with E-state index in [0.717, 1.165) is 28.4 Å². The molecule has 0 bridgehead atoms. The standard InChI is InChI=1S/C61H40N2S/c1-5-20-41(21-6-1)50-39-51-47-29-14-17-32-53(47)61(55(51)40-57(50)62(42-22-7-2-8-23-42)43-24-9-3-10-25-43)52-31-16-13-28-46(52)48-37-36-45(38-54(48)61)63(44-26-11-4-12-27-44)56-33-19-35-59-60(56)49-30-15-18-34-58(49)64-59/h1-40H. The number of fused-ring (bicyclic) bond motifs is 13. The van der Waals surface area contributed by atoms with Gasteiger partial charge in [0.15, 0.2) is 0 Å². The van der Waals surface area contributed by atoms with Crippen molar-refractivity contribution >= 4 is 65.6 Å². The Morgan fingerprint density at radius 3 is 1.45 bits per heavy atom. The van der Waals surface area contributed by atoms with E-state index in [1.807, 2.05) is 11.3 Å². The van der Waals surface area contributed by atoms with Crippen LogP contribution in [0.25, 0.3) is 53.6 Å². The lowest BCUT2D eigenvalue weighted by Crippen LogP contribution is -2.26. The third-order valence-electron chi connectivity index (χ3n) is 13.4. The quantitative estimate of drug-likeness (QED) is 0.158. The third kappa shape index (κ3) is 5.38. The summed E-state index contributed by atoms with van der Waals surface area (Å²) in [6, 6.07) is 89.6. The van der Waals surface area contributed by atoms with Crippen LogP contribution in [-0.4, -0.2) is 0 Å². The molecule has 2 nitrogen and oxygen atoms in total. The van der Waals surface area contributed by atoms with Gasteiger partial charge in [0.25, 0.3) is 0 Å². The summed E-state index contributed by atoms with van der Waals surface area (Å²) in [5.74, 6) is 0. The fourth-order valence-corrected chi connectivity index (χ4v) is 12.0. The molecule has 0 aliphatic heterocycles. The Hall–Kier alpha value is -7.98. The second-order valence-electron chi connectivity index (χ2n) is 16.8. The molecular weight excluding hydrogens is 793 g/mol. The summed E-state index contributed by atoms with van der Waals surface area (Å²) in [6.45, 7) is 0. The van der Waals surface area contributed by atoms with Gasteiger partial charge in [-0.2, -0.15) is 0 Å². The molecule has 0 saturated carbocycles. The van der Waals surface area contributed by atoms with Gasteiger partial charge in [0.05, 0.1) is 16.8 Å². The number of nitrogens with zero attached hydrogens (tertiary/aromatic N) is 2. The topological polar surface area (TPSA) is 6.48 Å².